The van der Waals surface area contributed by atoms with Gasteiger partial charge in [-0.25, -0.2) is 21.2 Å². The van der Waals surface area contributed by atoms with Crippen LogP contribution in [0.4, 0.5) is 10.1 Å². The second kappa shape index (κ2) is 11.1. The van der Waals surface area contributed by atoms with Gasteiger partial charge in [-0.2, -0.15) is 4.99 Å². The lowest BCUT2D eigenvalue weighted by Gasteiger charge is -2.08. The van der Waals surface area contributed by atoms with Crippen molar-refractivity contribution in [1.82, 2.24) is 4.57 Å². The van der Waals surface area contributed by atoms with E-state index in [0.717, 1.165) is 41.9 Å². The summed E-state index contributed by atoms with van der Waals surface area (Å²) in [6.07, 6.45) is 1.08. The monoisotopic (exact) mass is 591 g/mol. The normalized spacial score (nSPS) is 12.4. The molecule has 1 amide bonds. The molecule has 4 rings (SSSR count). The van der Waals surface area contributed by atoms with Crippen molar-refractivity contribution in [3.8, 4) is 0 Å². The summed E-state index contributed by atoms with van der Waals surface area (Å²) in [5.74, 6) is -1.80. The molecule has 3 aromatic carbocycles. The number of aromatic nitrogens is 1. The van der Waals surface area contributed by atoms with Crippen LogP contribution in [0.3, 0.4) is 0 Å². The summed E-state index contributed by atoms with van der Waals surface area (Å²) < 4.78 is 71.5. The van der Waals surface area contributed by atoms with E-state index in [0.29, 0.717) is 10.2 Å². The minimum absolute atomic E-state index is 0.0797. The molecule has 204 valence electrons. The van der Waals surface area contributed by atoms with Crippen molar-refractivity contribution >= 4 is 59.0 Å². The van der Waals surface area contributed by atoms with E-state index in [-0.39, 0.29) is 39.0 Å². The molecule has 4 aromatic rings. The van der Waals surface area contributed by atoms with Crippen molar-refractivity contribution in [2.75, 3.05) is 17.6 Å². The average molecular weight is 592 g/mol. The quantitative estimate of drug-likeness (QED) is 0.310. The maximum Gasteiger partial charge on any atom is 0.326 e. The van der Waals surface area contributed by atoms with Crippen molar-refractivity contribution in [3.05, 3.63) is 82.9 Å². The van der Waals surface area contributed by atoms with E-state index in [1.807, 2.05) is 0 Å². The topological polar surface area (TPSA) is 141 Å². The molecule has 0 atom stereocenters. The number of nitrogens with zero attached hydrogens (tertiary/aromatic N) is 2. The Morgan fingerprint density at radius 1 is 0.974 bits per heavy atom. The zero-order valence-electron chi connectivity index (χ0n) is 20.6. The summed E-state index contributed by atoms with van der Waals surface area (Å²) in [5, 5.41) is 0. The number of nitrogens with one attached hydrogen (secondary N) is 1. The van der Waals surface area contributed by atoms with Crippen molar-refractivity contribution in [1.29, 1.82) is 0 Å². The molecular formula is C25H22FN3O7S3. The fraction of sp³-hybridized carbons (Fsp3) is 0.160. The maximum atomic E-state index is 13.1. The predicted octanol–water partition coefficient (Wildman–Crippen LogP) is 3.35. The second-order valence-corrected chi connectivity index (χ2v) is 12.9. The number of benzene rings is 3. The number of rotatable bonds is 8. The molecule has 0 saturated carbocycles. The van der Waals surface area contributed by atoms with Gasteiger partial charge in [0.1, 0.15) is 12.4 Å². The Morgan fingerprint density at radius 2 is 1.62 bits per heavy atom. The molecule has 0 aliphatic carbocycles. The minimum Gasteiger partial charge on any atom is -0.465 e. The van der Waals surface area contributed by atoms with Gasteiger partial charge < -0.3 is 9.30 Å². The smallest absolute Gasteiger partial charge is 0.326 e. The lowest BCUT2D eigenvalue weighted by atomic mass is 10.2. The van der Waals surface area contributed by atoms with Crippen molar-refractivity contribution in [2.45, 2.75) is 23.3 Å². The highest BCUT2D eigenvalue weighted by molar-refractivity contribution is 7.92. The number of esters is 1. The number of ether oxygens (including phenoxy) is 1. The first-order chi connectivity index (χ1) is 18.4. The van der Waals surface area contributed by atoms with E-state index in [9.17, 15) is 30.8 Å². The van der Waals surface area contributed by atoms with E-state index < -0.39 is 37.6 Å². The molecule has 0 aliphatic rings. The SMILES string of the molecule is CCOC(=O)Cn1c(=NC(=O)c2ccc(NS(=O)(=O)c3ccc(F)cc3)cc2)sc2cc(S(C)(=O)=O)ccc21. The molecule has 10 nitrogen and oxygen atoms in total. The summed E-state index contributed by atoms with van der Waals surface area (Å²) in [6, 6.07) is 14.2. The third kappa shape index (κ3) is 6.58. The van der Waals surface area contributed by atoms with Crippen LogP contribution < -0.4 is 9.52 Å². The van der Waals surface area contributed by atoms with Gasteiger partial charge in [0.15, 0.2) is 14.6 Å². The van der Waals surface area contributed by atoms with Crippen LogP contribution in [-0.4, -0.2) is 46.1 Å². The summed E-state index contributed by atoms with van der Waals surface area (Å²) in [4.78, 5) is 29.4. The Hall–Kier alpha value is -3.88. The fourth-order valence-electron chi connectivity index (χ4n) is 3.52. The Kier molecular flexibility index (Phi) is 7.99. The molecule has 39 heavy (non-hydrogen) atoms. The van der Waals surface area contributed by atoms with Crippen molar-refractivity contribution in [2.24, 2.45) is 4.99 Å². The number of carbonyl (C=O) groups excluding carboxylic acids is 2. The Bertz CT molecular complexity index is 1840. The molecule has 0 saturated heterocycles. The van der Waals surface area contributed by atoms with Crippen LogP contribution >= 0.6 is 11.3 Å². The number of halogens is 1. The zero-order chi connectivity index (χ0) is 28.4. The lowest BCUT2D eigenvalue weighted by molar-refractivity contribution is -0.143. The van der Waals surface area contributed by atoms with E-state index in [2.05, 4.69) is 9.71 Å². The number of hydrogen-bond acceptors (Lipinski definition) is 8. The van der Waals surface area contributed by atoms with Crippen molar-refractivity contribution in [3.63, 3.8) is 0 Å². The van der Waals surface area contributed by atoms with Gasteiger partial charge in [-0.15, -0.1) is 0 Å². The summed E-state index contributed by atoms with van der Waals surface area (Å²) in [7, 11) is -7.47. The molecule has 0 unspecified atom stereocenters. The molecule has 1 aromatic heterocycles. The van der Waals surface area contributed by atoms with Crippen LogP contribution in [0.5, 0.6) is 0 Å². The average Bonchev–Trinajstić information content (AvgIpc) is 3.20. The standard InChI is InChI=1S/C25H22FN3O7S3/c1-3-36-23(30)15-29-21-13-12-20(38(2,32)33)14-22(21)37-25(29)27-24(31)16-4-8-18(9-5-16)28-39(34,35)19-10-6-17(26)7-11-19/h4-14,28H,3,15H2,1-2H3. The van der Waals surface area contributed by atoms with Gasteiger partial charge in [-0.3, -0.25) is 14.3 Å². The zero-order valence-corrected chi connectivity index (χ0v) is 23.1. The number of carbonyl (C=O) groups is 2. The van der Waals surface area contributed by atoms with Gasteiger partial charge in [-0.1, -0.05) is 11.3 Å². The van der Waals surface area contributed by atoms with Crippen LogP contribution in [0, 0.1) is 5.82 Å². The molecular weight excluding hydrogens is 569 g/mol. The molecule has 0 fully saturated rings. The Balaban J connectivity index is 1.66. The predicted molar refractivity (Wildman–Crippen MR) is 143 cm³/mol. The fourth-order valence-corrected chi connectivity index (χ4v) is 6.37. The van der Waals surface area contributed by atoms with E-state index in [1.165, 1.54) is 47.0 Å². The summed E-state index contributed by atoms with van der Waals surface area (Å²) in [6.45, 7) is 1.57. The van der Waals surface area contributed by atoms with Gasteiger partial charge in [0, 0.05) is 17.5 Å². The van der Waals surface area contributed by atoms with E-state index >= 15 is 0 Å². The van der Waals surface area contributed by atoms with Crippen LogP contribution in [-0.2, 0) is 35.9 Å². The van der Waals surface area contributed by atoms with E-state index in [1.54, 1.807) is 6.92 Å². The highest BCUT2D eigenvalue weighted by atomic mass is 32.2. The van der Waals surface area contributed by atoms with Crippen LogP contribution in [0.2, 0.25) is 0 Å². The largest absolute Gasteiger partial charge is 0.465 e. The molecule has 0 aliphatic heterocycles. The maximum absolute atomic E-state index is 13.1. The summed E-state index contributed by atoms with van der Waals surface area (Å²) in [5.41, 5.74) is 0.803. The summed E-state index contributed by atoms with van der Waals surface area (Å²) >= 11 is 1.03. The van der Waals surface area contributed by atoms with Gasteiger partial charge in [0.25, 0.3) is 15.9 Å². The molecule has 1 N–H and O–H groups in total. The van der Waals surface area contributed by atoms with Crippen molar-refractivity contribution < 1.29 is 35.6 Å². The number of fused-ring (bicyclic) bond motifs is 1. The van der Waals surface area contributed by atoms with Gasteiger partial charge in [0.2, 0.25) is 0 Å². The van der Waals surface area contributed by atoms with Gasteiger partial charge >= 0.3 is 5.97 Å². The lowest BCUT2D eigenvalue weighted by Crippen LogP contribution is -2.23. The minimum atomic E-state index is -3.98. The first kappa shape index (κ1) is 28.1. The molecule has 0 spiro atoms. The van der Waals surface area contributed by atoms with E-state index in [4.69, 9.17) is 4.74 Å². The van der Waals surface area contributed by atoms with Crippen LogP contribution in [0.1, 0.15) is 17.3 Å². The molecule has 0 bridgehead atoms. The number of anilines is 1. The Morgan fingerprint density at radius 3 is 2.23 bits per heavy atom. The molecule has 1 heterocycles. The van der Waals surface area contributed by atoms with Gasteiger partial charge in [-0.05, 0) is 73.7 Å². The third-order valence-electron chi connectivity index (χ3n) is 5.38. The molecule has 14 heteroatoms. The third-order valence-corrected chi connectivity index (χ3v) is 8.93. The first-order valence-electron chi connectivity index (χ1n) is 11.3. The number of hydrogen-bond donors (Lipinski definition) is 1. The van der Waals surface area contributed by atoms with Crippen LogP contribution in [0.15, 0.2) is 81.5 Å². The van der Waals surface area contributed by atoms with Crippen LogP contribution in [0.25, 0.3) is 10.2 Å². The number of amides is 1. The Labute approximate surface area is 227 Å². The second-order valence-electron chi connectivity index (χ2n) is 8.23. The molecule has 0 radical (unpaired) electrons. The number of sulfone groups is 1. The number of thiazole rings is 1. The highest BCUT2D eigenvalue weighted by Gasteiger charge is 2.17. The number of sulfonamides is 1. The van der Waals surface area contributed by atoms with Gasteiger partial charge in [0.05, 0.1) is 26.6 Å². The first-order valence-corrected chi connectivity index (χ1v) is 15.5. The highest BCUT2D eigenvalue weighted by Crippen LogP contribution is 2.23.